The van der Waals surface area contributed by atoms with Gasteiger partial charge in [0.2, 0.25) is 0 Å². The fourth-order valence-corrected chi connectivity index (χ4v) is 2.77. The van der Waals surface area contributed by atoms with E-state index in [-0.39, 0.29) is 10.6 Å². The summed E-state index contributed by atoms with van der Waals surface area (Å²) in [6.07, 6.45) is 0. The lowest BCUT2D eigenvalue weighted by Crippen LogP contribution is -2.01. The van der Waals surface area contributed by atoms with Gasteiger partial charge in [0.1, 0.15) is 0 Å². The summed E-state index contributed by atoms with van der Waals surface area (Å²) in [7, 11) is 0. The van der Waals surface area contributed by atoms with Gasteiger partial charge in [-0.05, 0) is 41.6 Å². The average molecular weight is 375 g/mol. The van der Waals surface area contributed by atoms with E-state index in [1.165, 1.54) is 6.07 Å². The largest absolute Gasteiger partial charge is 0.379 e. The highest BCUT2D eigenvalue weighted by Crippen LogP contribution is 2.24. The summed E-state index contributed by atoms with van der Waals surface area (Å²) in [5, 5.41) is 16.9. The lowest BCUT2D eigenvalue weighted by molar-refractivity contribution is -0.385. The smallest absolute Gasteiger partial charge is 0.282 e. The summed E-state index contributed by atoms with van der Waals surface area (Å²) in [4.78, 5) is 14.6. The molecular formula is C11H10IN3O2S. The standard InChI is InChI=1S/C11H10IN3O2S/c1-7-14-9(6-18-7)5-13-8-2-3-11(15(16)17)10(12)4-8/h2-4,6,13H,5H2,1H3. The number of nitro benzene ring substituents is 1. The molecule has 0 saturated heterocycles. The highest BCUT2D eigenvalue weighted by atomic mass is 127. The van der Waals surface area contributed by atoms with E-state index in [0.29, 0.717) is 10.1 Å². The van der Waals surface area contributed by atoms with Gasteiger partial charge in [-0.2, -0.15) is 0 Å². The lowest BCUT2D eigenvalue weighted by Gasteiger charge is -2.05. The Kier molecular flexibility index (Phi) is 4.12. The van der Waals surface area contributed by atoms with Crippen molar-refractivity contribution in [2.24, 2.45) is 0 Å². The minimum atomic E-state index is -0.380. The van der Waals surface area contributed by atoms with E-state index in [4.69, 9.17) is 0 Å². The van der Waals surface area contributed by atoms with Crippen molar-refractivity contribution in [3.05, 3.63) is 48.0 Å². The first-order valence-corrected chi connectivity index (χ1v) is 7.11. The molecule has 0 fully saturated rings. The summed E-state index contributed by atoms with van der Waals surface area (Å²) in [5.74, 6) is 0. The molecule has 1 aromatic carbocycles. The van der Waals surface area contributed by atoms with Gasteiger partial charge < -0.3 is 5.32 Å². The molecule has 0 spiro atoms. The van der Waals surface area contributed by atoms with Crippen LogP contribution < -0.4 is 5.32 Å². The number of halogens is 1. The van der Waals surface area contributed by atoms with E-state index in [2.05, 4.69) is 10.3 Å². The van der Waals surface area contributed by atoms with Crippen LogP contribution in [0.5, 0.6) is 0 Å². The average Bonchev–Trinajstić information content (AvgIpc) is 2.72. The van der Waals surface area contributed by atoms with Crippen molar-refractivity contribution in [1.82, 2.24) is 4.98 Å². The molecule has 0 atom stereocenters. The molecule has 0 aliphatic carbocycles. The van der Waals surface area contributed by atoms with Crippen LogP contribution in [0, 0.1) is 20.6 Å². The van der Waals surface area contributed by atoms with Gasteiger partial charge in [-0.25, -0.2) is 4.98 Å². The number of nitro groups is 1. The molecule has 0 aliphatic rings. The van der Waals surface area contributed by atoms with Gasteiger partial charge in [-0.1, -0.05) is 0 Å². The Balaban J connectivity index is 2.06. The molecule has 0 unspecified atom stereocenters. The lowest BCUT2D eigenvalue weighted by atomic mass is 10.3. The van der Waals surface area contributed by atoms with Gasteiger partial charge in [0.25, 0.3) is 5.69 Å². The van der Waals surface area contributed by atoms with Crippen LogP contribution in [-0.2, 0) is 6.54 Å². The van der Waals surface area contributed by atoms with Crippen LogP contribution in [0.25, 0.3) is 0 Å². The molecule has 0 radical (unpaired) electrons. The molecule has 7 heteroatoms. The third kappa shape index (κ3) is 3.16. The SMILES string of the molecule is Cc1nc(CNc2ccc([N+](=O)[O-])c(I)c2)cs1. The normalized spacial score (nSPS) is 10.3. The maximum Gasteiger partial charge on any atom is 0.282 e. The monoisotopic (exact) mass is 375 g/mol. The van der Waals surface area contributed by atoms with Crippen molar-refractivity contribution in [1.29, 1.82) is 0 Å². The van der Waals surface area contributed by atoms with E-state index in [1.807, 2.05) is 34.9 Å². The number of hydrogen-bond acceptors (Lipinski definition) is 5. The molecule has 18 heavy (non-hydrogen) atoms. The maximum absolute atomic E-state index is 10.7. The van der Waals surface area contributed by atoms with E-state index in [0.717, 1.165) is 16.4 Å². The van der Waals surface area contributed by atoms with Crippen molar-refractivity contribution in [3.63, 3.8) is 0 Å². The minimum Gasteiger partial charge on any atom is -0.379 e. The molecule has 0 aliphatic heterocycles. The summed E-state index contributed by atoms with van der Waals surface area (Å²) < 4.78 is 0.622. The Morgan fingerprint density at radius 2 is 2.33 bits per heavy atom. The molecule has 0 amide bonds. The van der Waals surface area contributed by atoms with Gasteiger partial charge >= 0.3 is 0 Å². The van der Waals surface area contributed by atoms with Crippen LogP contribution in [0.15, 0.2) is 23.6 Å². The Morgan fingerprint density at radius 1 is 1.56 bits per heavy atom. The molecule has 0 saturated carbocycles. The van der Waals surface area contributed by atoms with Crippen molar-refractivity contribution >= 4 is 45.3 Å². The molecular weight excluding hydrogens is 365 g/mol. The van der Waals surface area contributed by atoms with E-state index in [9.17, 15) is 10.1 Å². The third-order valence-corrected chi connectivity index (χ3v) is 3.97. The number of benzene rings is 1. The summed E-state index contributed by atoms with van der Waals surface area (Å²) in [6, 6.07) is 4.98. The number of nitrogens with zero attached hydrogens (tertiary/aromatic N) is 2. The summed E-state index contributed by atoms with van der Waals surface area (Å²) in [5.41, 5.74) is 1.96. The number of rotatable bonds is 4. The predicted molar refractivity (Wildman–Crippen MR) is 80.0 cm³/mol. The molecule has 1 aromatic heterocycles. The zero-order chi connectivity index (χ0) is 13.1. The van der Waals surface area contributed by atoms with E-state index < -0.39 is 0 Å². The second-order valence-corrected chi connectivity index (χ2v) is 5.86. The Bertz CT molecular complexity index is 585. The van der Waals surface area contributed by atoms with E-state index >= 15 is 0 Å². The topological polar surface area (TPSA) is 68.1 Å². The predicted octanol–water partition coefficient (Wildman–Crippen LogP) is 3.58. The first kappa shape index (κ1) is 13.2. The molecule has 94 valence electrons. The summed E-state index contributed by atoms with van der Waals surface area (Å²) in [6.45, 7) is 2.58. The van der Waals surface area contributed by atoms with Crippen molar-refractivity contribution in [3.8, 4) is 0 Å². The first-order valence-electron chi connectivity index (χ1n) is 5.15. The van der Waals surface area contributed by atoms with Crippen LogP contribution in [0.3, 0.4) is 0 Å². The van der Waals surface area contributed by atoms with E-state index in [1.54, 1.807) is 23.5 Å². The van der Waals surface area contributed by atoms with Gasteiger partial charge in [-0.3, -0.25) is 10.1 Å². The Morgan fingerprint density at radius 3 is 2.89 bits per heavy atom. The molecule has 1 heterocycles. The molecule has 0 bridgehead atoms. The van der Waals surface area contributed by atoms with Crippen molar-refractivity contribution < 1.29 is 4.92 Å². The van der Waals surface area contributed by atoms with Gasteiger partial charge in [0, 0.05) is 17.1 Å². The molecule has 2 rings (SSSR count). The number of nitrogens with one attached hydrogen (secondary N) is 1. The fraction of sp³-hybridized carbons (Fsp3) is 0.182. The Hall–Kier alpha value is -1.22. The number of aromatic nitrogens is 1. The van der Waals surface area contributed by atoms with Crippen molar-refractivity contribution in [2.45, 2.75) is 13.5 Å². The quantitative estimate of drug-likeness (QED) is 0.504. The number of anilines is 1. The van der Waals surface area contributed by atoms with Gasteiger partial charge in [-0.15, -0.1) is 11.3 Å². The number of aryl methyl sites for hydroxylation is 1. The van der Waals surface area contributed by atoms with Crippen LogP contribution in [0.2, 0.25) is 0 Å². The molecule has 1 N–H and O–H groups in total. The summed E-state index contributed by atoms with van der Waals surface area (Å²) >= 11 is 3.57. The molecule has 2 aromatic rings. The minimum absolute atomic E-state index is 0.130. The van der Waals surface area contributed by atoms with Gasteiger partial charge in [0.15, 0.2) is 0 Å². The fourth-order valence-electron chi connectivity index (χ4n) is 1.45. The highest BCUT2D eigenvalue weighted by molar-refractivity contribution is 14.1. The molecule has 5 nitrogen and oxygen atoms in total. The first-order chi connectivity index (χ1) is 8.56. The van der Waals surface area contributed by atoms with Crippen molar-refractivity contribution in [2.75, 3.05) is 5.32 Å². The Labute approximate surface area is 122 Å². The zero-order valence-corrected chi connectivity index (χ0v) is 12.5. The van der Waals surface area contributed by atoms with Crippen LogP contribution >= 0.6 is 33.9 Å². The highest BCUT2D eigenvalue weighted by Gasteiger charge is 2.11. The second kappa shape index (κ2) is 5.61. The maximum atomic E-state index is 10.7. The van der Waals surface area contributed by atoms with Crippen LogP contribution in [-0.4, -0.2) is 9.91 Å². The third-order valence-electron chi connectivity index (χ3n) is 2.28. The zero-order valence-electron chi connectivity index (χ0n) is 9.51. The van der Waals surface area contributed by atoms with Crippen LogP contribution in [0.4, 0.5) is 11.4 Å². The number of thiazole rings is 1. The van der Waals surface area contributed by atoms with Crippen LogP contribution in [0.1, 0.15) is 10.7 Å². The number of hydrogen-bond donors (Lipinski definition) is 1. The van der Waals surface area contributed by atoms with Gasteiger partial charge in [0.05, 0.1) is 25.7 Å². The second-order valence-electron chi connectivity index (χ2n) is 3.63.